The average molecular weight is 345 g/mol. The van der Waals surface area contributed by atoms with Gasteiger partial charge in [-0.3, -0.25) is 0 Å². The highest BCUT2D eigenvalue weighted by atomic mass is 79.9. The maximum Gasteiger partial charge on any atom is 0.140 e. The van der Waals surface area contributed by atoms with E-state index < -0.39 is 0 Å². The fourth-order valence-corrected chi connectivity index (χ4v) is 2.66. The molecule has 0 saturated heterocycles. The van der Waals surface area contributed by atoms with E-state index in [1.807, 2.05) is 6.20 Å². The van der Waals surface area contributed by atoms with Crippen LogP contribution in [0.15, 0.2) is 59.3 Å². The van der Waals surface area contributed by atoms with Crippen LogP contribution in [0.2, 0.25) is 0 Å². The maximum atomic E-state index is 13.3. The average Bonchev–Trinajstić information content (AvgIpc) is 2.92. The van der Waals surface area contributed by atoms with Crippen LogP contribution in [0.25, 0.3) is 11.4 Å². The van der Waals surface area contributed by atoms with Gasteiger partial charge in [0.15, 0.2) is 0 Å². The molecule has 1 heterocycles. The minimum absolute atomic E-state index is 0.247. The highest BCUT2D eigenvalue weighted by molar-refractivity contribution is 9.10. The Morgan fingerprint density at radius 1 is 1.14 bits per heavy atom. The first-order chi connectivity index (χ1) is 10.1. The van der Waals surface area contributed by atoms with Crippen molar-refractivity contribution >= 4 is 15.9 Å². The Labute approximate surface area is 131 Å². The van der Waals surface area contributed by atoms with Crippen molar-refractivity contribution in [2.45, 2.75) is 13.5 Å². The Kier molecular flexibility index (Phi) is 3.88. The molecule has 3 rings (SSSR count). The first-order valence-corrected chi connectivity index (χ1v) is 7.45. The topological polar surface area (TPSA) is 17.8 Å². The lowest BCUT2D eigenvalue weighted by Crippen LogP contribution is -2.01. The van der Waals surface area contributed by atoms with Gasteiger partial charge in [-0.25, -0.2) is 9.37 Å². The van der Waals surface area contributed by atoms with E-state index in [2.05, 4.69) is 56.7 Å². The first kappa shape index (κ1) is 14.0. The van der Waals surface area contributed by atoms with Crippen LogP contribution < -0.4 is 0 Å². The summed E-state index contributed by atoms with van der Waals surface area (Å²) in [5.41, 5.74) is 3.32. The zero-order chi connectivity index (χ0) is 14.8. The number of halogens is 2. The van der Waals surface area contributed by atoms with Gasteiger partial charge in [0.2, 0.25) is 0 Å². The fourth-order valence-electron chi connectivity index (χ4n) is 2.23. The van der Waals surface area contributed by atoms with E-state index in [0.29, 0.717) is 11.0 Å². The normalized spacial score (nSPS) is 10.8. The lowest BCUT2D eigenvalue weighted by atomic mass is 10.1. The molecule has 0 fully saturated rings. The Morgan fingerprint density at radius 2 is 1.90 bits per heavy atom. The van der Waals surface area contributed by atoms with E-state index in [4.69, 9.17) is 0 Å². The van der Waals surface area contributed by atoms with E-state index in [0.717, 1.165) is 17.0 Å². The molecule has 1 aromatic heterocycles. The molecule has 0 radical (unpaired) electrons. The van der Waals surface area contributed by atoms with Gasteiger partial charge in [-0.2, -0.15) is 0 Å². The summed E-state index contributed by atoms with van der Waals surface area (Å²) in [7, 11) is 0. The van der Waals surface area contributed by atoms with Gasteiger partial charge in [0, 0.05) is 24.5 Å². The number of hydrogen-bond donors (Lipinski definition) is 0. The number of nitrogens with zero attached hydrogens (tertiary/aromatic N) is 2. The summed E-state index contributed by atoms with van der Waals surface area (Å²) in [4.78, 5) is 4.43. The van der Waals surface area contributed by atoms with E-state index >= 15 is 0 Å². The summed E-state index contributed by atoms with van der Waals surface area (Å²) in [5, 5.41) is 0. The molecule has 0 aliphatic heterocycles. The Morgan fingerprint density at radius 3 is 2.62 bits per heavy atom. The number of imidazole rings is 1. The van der Waals surface area contributed by atoms with Gasteiger partial charge in [-0.1, -0.05) is 35.9 Å². The monoisotopic (exact) mass is 344 g/mol. The second kappa shape index (κ2) is 5.82. The Hall–Kier alpha value is -1.94. The molecule has 2 nitrogen and oxygen atoms in total. The summed E-state index contributed by atoms with van der Waals surface area (Å²) in [5.74, 6) is 0.665. The summed E-state index contributed by atoms with van der Waals surface area (Å²) in [6.45, 7) is 2.72. The SMILES string of the molecule is Cc1ccc(-c2nccn2Cc2ccc(F)c(Br)c2)cc1. The molecule has 0 unspecified atom stereocenters. The molecule has 0 aliphatic carbocycles. The van der Waals surface area contributed by atoms with Crippen molar-refractivity contribution in [1.82, 2.24) is 9.55 Å². The molecule has 4 heteroatoms. The third-order valence-electron chi connectivity index (χ3n) is 3.36. The van der Waals surface area contributed by atoms with Crippen LogP contribution in [-0.4, -0.2) is 9.55 Å². The highest BCUT2D eigenvalue weighted by Crippen LogP contribution is 2.21. The highest BCUT2D eigenvalue weighted by Gasteiger charge is 2.07. The van der Waals surface area contributed by atoms with Crippen LogP contribution >= 0.6 is 15.9 Å². The Balaban J connectivity index is 1.92. The molecule has 21 heavy (non-hydrogen) atoms. The van der Waals surface area contributed by atoms with Gasteiger partial charge in [0.05, 0.1) is 4.47 Å². The number of benzene rings is 2. The van der Waals surface area contributed by atoms with Crippen LogP contribution in [0.4, 0.5) is 4.39 Å². The van der Waals surface area contributed by atoms with Crippen molar-refractivity contribution < 1.29 is 4.39 Å². The molecule has 106 valence electrons. The largest absolute Gasteiger partial charge is 0.327 e. The molecule has 0 aliphatic rings. The third kappa shape index (κ3) is 3.05. The van der Waals surface area contributed by atoms with Gasteiger partial charge < -0.3 is 4.57 Å². The van der Waals surface area contributed by atoms with E-state index in [9.17, 15) is 4.39 Å². The molecule has 0 atom stereocenters. The summed E-state index contributed by atoms with van der Waals surface area (Å²) in [6, 6.07) is 13.3. The minimum Gasteiger partial charge on any atom is -0.327 e. The van der Waals surface area contributed by atoms with Gasteiger partial charge >= 0.3 is 0 Å². The molecule has 2 aromatic carbocycles. The van der Waals surface area contributed by atoms with Crippen molar-refractivity contribution in [1.29, 1.82) is 0 Å². The van der Waals surface area contributed by atoms with Crippen LogP contribution in [0.5, 0.6) is 0 Å². The van der Waals surface area contributed by atoms with Crippen molar-refractivity contribution in [3.63, 3.8) is 0 Å². The summed E-state index contributed by atoms with van der Waals surface area (Å²) < 4.78 is 15.8. The van der Waals surface area contributed by atoms with E-state index in [-0.39, 0.29) is 5.82 Å². The molecule has 0 bridgehead atoms. The predicted molar refractivity (Wildman–Crippen MR) is 85.6 cm³/mol. The number of aromatic nitrogens is 2. The van der Waals surface area contributed by atoms with Crippen LogP contribution in [0.1, 0.15) is 11.1 Å². The maximum absolute atomic E-state index is 13.3. The first-order valence-electron chi connectivity index (χ1n) is 6.65. The van der Waals surface area contributed by atoms with Crippen LogP contribution in [-0.2, 0) is 6.54 Å². The second-order valence-corrected chi connectivity index (χ2v) is 5.85. The summed E-state index contributed by atoms with van der Waals surface area (Å²) >= 11 is 3.22. The van der Waals surface area contributed by atoms with Crippen molar-refractivity contribution in [2.24, 2.45) is 0 Å². The van der Waals surface area contributed by atoms with E-state index in [1.165, 1.54) is 11.6 Å². The van der Waals surface area contributed by atoms with Gasteiger partial charge in [0.1, 0.15) is 11.6 Å². The number of hydrogen-bond acceptors (Lipinski definition) is 1. The molecular formula is C17H14BrFN2. The lowest BCUT2D eigenvalue weighted by Gasteiger charge is -2.09. The summed E-state index contributed by atoms with van der Waals surface area (Å²) in [6.07, 6.45) is 3.72. The van der Waals surface area contributed by atoms with Crippen molar-refractivity contribution in [3.8, 4) is 11.4 Å². The second-order valence-electron chi connectivity index (χ2n) is 4.99. The van der Waals surface area contributed by atoms with Crippen LogP contribution in [0.3, 0.4) is 0 Å². The minimum atomic E-state index is -0.247. The lowest BCUT2D eigenvalue weighted by molar-refractivity contribution is 0.619. The zero-order valence-corrected chi connectivity index (χ0v) is 13.1. The Bertz CT molecular complexity index is 763. The van der Waals surface area contributed by atoms with Crippen molar-refractivity contribution in [3.05, 3.63) is 76.3 Å². The zero-order valence-electron chi connectivity index (χ0n) is 11.6. The fraction of sp³-hybridized carbons (Fsp3) is 0.118. The molecule has 0 N–H and O–H groups in total. The molecule has 0 spiro atoms. The number of aryl methyl sites for hydroxylation is 1. The molecule has 0 amide bonds. The van der Waals surface area contributed by atoms with Gasteiger partial charge in [0.25, 0.3) is 0 Å². The predicted octanol–water partition coefficient (Wildman–Crippen LogP) is 4.81. The third-order valence-corrected chi connectivity index (χ3v) is 3.97. The van der Waals surface area contributed by atoms with E-state index in [1.54, 1.807) is 18.3 Å². The van der Waals surface area contributed by atoms with Crippen molar-refractivity contribution in [2.75, 3.05) is 0 Å². The van der Waals surface area contributed by atoms with Crippen LogP contribution in [0, 0.1) is 12.7 Å². The standard InChI is InChI=1S/C17H14BrFN2/c1-12-2-5-14(6-3-12)17-20-8-9-21(17)11-13-4-7-16(19)15(18)10-13/h2-10H,11H2,1H3. The molecular weight excluding hydrogens is 331 g/mol. The molecule has 0 saturated carbocycles. The van der Waals surface area contributed by atoms with Gasteiger partial charge in [-0.15, -0.1) is 0 Å². The quantitative estimate of drug-likeness (QED) is 0.666. The molecule has 3 aromatic rings. The van der Waals surface area contributed by atoms with Gasteiger partial charge in [-0.05, 0) is 40.5 Å². The smallest absolute Gasteiger partial charge is 0.140 e. The number of rotatable bonds is 3.